The van der Waals surface area contributed by atoms with E-state index in [2.05, 4.69) is 24.8 Å². The van der Waals surface area contributed by atoms with Crippen LogP contribution in [0.15, 0.2) is 18.2 Å². The average Bonchev–Trinajstić information content (AvgIpc) is 2.27. The molecule has 1 rings (SSSR count). The molecule has 0 atom stereocenters. The number of hydrogen-bond acceptors (Lipinski definition) is 4. The highest BCUT2D eigenvalue weighted by Crippen LogP contribution is 2.23. The Morgan fingerprint density at radius 2 is 2.00 bits per heavy atom. The SMILES string of the molecule is CC(C)CN(CCC#N)c1ccc(N)c(N)c1. The first kappa shape index (κ1) is 13.2. The molecule has 4 N–H and O–H groups in total. The zero-order chi connectivity index (χ0) is 12.8. The molecule has 0 heterocycles. The van der Waals surface area contributed by atoms with Crippen molar-refractivity contribution < 1.29 is 0 Å². The van der Waals surface area contributed by atoms with Crippen LogP contribution in [-0.2, 0) is 0 Å². The van der Waals surface area contributed by atoms with E-state index in [-0.39, 0.29) is 0 Å². The fourth-order valence-electron chi connectivity index (χ4n) is 1.71. The fourth-order valence-corrected chi connectivity index (χ4v) is 1.71. The molecule has 0 spiro atoms. The highest BCUT2D eigenvalue weighted by atomic mass is 15.1. The Labute approximate surface area is 103 Å². The Morgan fingerprint density at radius 1 is 1.29 bits per heavy atom. The highest BCUT2D eigenvalue weighted by Gasteiger charge is 2.09. The van der Waals surface area contributed by atoms with Crippen LogP contribution < -0.4 is 16.4 Å². The van der Waals surface area contributed by atoms with Crippen molar-refractivity contribution in [1.29, 1.82) is 5.26 Å². The predicted octanol–water partition coefficient (Wildman–Crippen LogP) is 2.23. The third-order valence-corrected chi connectivity index (χ3v) is 2.51. The molecular weight excluding hydrogens is 212 g/mol. The van der Waals surface area contributed by atoms with E-state index < -0.39 is 0 Å². The van der Waals surface area contributed by atoms with Crippen LogP contribution in [0.5, 0.6) is 0 Å². The summed E-state index contributed by atoms with van der Waals surface area (Å²) in [7, 11) is 0. The summed E-state index contributed by atoms with van der Waals surface area (Å²) in [4.78, 5) is 2.17. The topological polar surface area (TPSA) is 79.1 Å². The molecule has 4 heteroatoms. The molecule has 4 nitrogen and oxygen atoms in total. The summed E-state index contributed by atoms with van der Waals surface area (Å²) in [6.07, 6.45) is 0.511. The predicted molar refractivity (Wildman–Crippen MR) is 72.5 cm³/mol. The van der Waals surface area contributed by atoms with Crippen molar-refractivity contribution in [2.24, 2.45) is 5.92 Å². The lowest BCUT2D eigenvalue weighted by atomic mass is 10.1. The van der Waals surface area contributed by atoms with Crippen molar-refractivity contribution in [3.8, 4) is 6.07 Å². The van der Waals surface area contributed by atoms with E-state index in [0.717, 1.165) is 18.8 Å². The molecule has 0 aliphatic carbocycles. The van der Waals surface area contributed by atoms with Crippen LogP contribution >= 0.6 is 0 Å². The van der Waals surface area contributed by atoms with E-state index in [1.165, 1.54) is 0 Å². The molecule has 1 aromatic carbocycles. The average molecular weight is 232 g/mol. The molecule has 0 fully saturated rings. The Bertz CT molecular complexity index is 406. The molecule has 0 aromatic heterocycles. The molecule has 0 radical (unpaired) electrons. The first-order valence-corrected chi connectivity index (χ1v) is 5.81. The largest absolute Gasteiger partial charge is 0.397 e. The minimum atomic E-state index is 0.511. The van der Waals surface area contributed by atoms with Crippen LogP contribution in [-0.4, -0.2) is 13.1 Å². The van der Waals surface area contributed by atoms with Gasteiger partial charge in [-0.3, -0.25) is 0 Å². The van der Waals surface area contributed by atoms with Crippen LogP contribution in [0.4, 0.5) is 17.1 Å². The second-order valence-corrected chi connectivity index (χ2v) is 4.56. The van der Waals surface area contributed by atoms with E-state index >= 15 is 0 Å². The number of rotatable bonds is 5. The van der Waals surface area contributed by atoms with Crippen molar-refractivity contribution >= 4 is 17.1 Å². The smallest absolute Gasteiger partial charge is 0.0640 e. The van der Waals surface area contributed by atoms with Gasteiger partial charge in [-0.25, -0.2) is 0 Å². The Balaban J connectivity index is 2.87. The van der Waals surface area contributed by atoms with Gasteiger partial charge in [-0.2, -0.15) is 5.26 Å². The summed E-state index contributed by atoms with van der Waals surface area (Å²) in [6, 6.07) is 7.80. The molecule has 0 saturated carbocycles. The van der Waals surface area contributed by atoms with Crippen molar-refractivity contribution in [2.75, 3.05) is 29.5 Å². The van der Waals surface area contributed by atoms with Gasteiger partial charge in [0.05, 0.1) is 23.9 Å². The summed E-state index contributed by atoms with van der Waals surface area (Å²) in [5.41, 5.74) is 13.7. The molecule has 17 heavy (non-hydrogen) atoms. The number of hydrogen-bond donors (Lipinski definition) is 2. The molecule has 0 aliphatic rings. The minimum absolute atomic E-state index is 0.511. The van der Waals surface area contributed by atoms with E-state index in [0.29, 0.717) is 23.7 Å². The van der Waals surface area contributed by atoms with E-state index in [1.54, 1.807) is 0 Å². The van der Waals surface area contributed by atoms with E-state index in [9.17, 15) is 0 Å². The normalized spacial score (nSPS) is 10.2. The summed E-state index contributed by atoms with van der Waals surface area (Å²) in [5.74, 6) is 0.535. The summed E-state index contributed by atoms with van der Waals surface area (Å²) < 4.78 is 0. The molecule has 0 unspecified atom stereocenters. The van der Waals surface area contributed by atoms with Gasteiger partial charge in [0.2, 0.25) is 0 Å². The van der Waals surface area contributed by atoms with E-state index in [1.807, 2.05) is 18.2 Å². The quantitative estimate of drug-likeness (QED) is 0.763. The number of anilines is 3. The van der Waals surface area contributed by atoms with Gasteiger partial charge < -0.3 is 16.4 Å². The molecule has 0 saturated heterocycles. The highest BCUT2D eigenvalue weighted by molar-refractivity contribution is 5.69. The third-order valence-electron chi connectivity index (χ3n) is 2.51. The van der Waals surface area contributed by atoms with Crippen LogP contribution in [0.3, 0.4) is 0 Å². The molecule has 0 bridgehead atoms. The van der Waals surface area contributed by atoms with E-state index in [4.69, 9.17) is 16.7 Å². The maximum absolute atomic E-state index is 8.67. The Morgan fingerprint density at radius 3 is 2.53 bits per heavy atom. The molecule has 92 valence electrons. The lowest BCUT2D eigenvalue weighted by Crippen LogP contribution is -2.28. The molecule has 0 amide bonds. The van der Waals surface area contributed by atoms with Crippen LogP contribution in [0.25, 0.3) is 0 Å². The third kappa shape index (κ3) is 3.87. The van der Waals surface area contributed by atoms with Crippen molar-refractivity contribution in [2.45, 2.75) is 20.3 Å². The maximum atomic E-state index is 8.67. The number of nitrogens with zero attached hydrogens (tertiary/aromatic N) is 2. The second kappa shape index (κ2) is 6.00. The van der Waals surface area contributed by atoms with Crippen LogP contribution in [0, 0.1) is 17.2 Å². The Hall–Kier alpha value is -1.89. The van der Waals surface area contributed by atoms with Crippen LogP contribution in [0.1, 0.15) is 20.3 Å². The minimum Gasteiger partial charge on any atom is -0.397 e. The van der Waals surface area contributed by atoms with Gasteiger partial charge in [-0.15, -0.1) is 0 Å². The maximum Gasteiger partial charge on any atom is 0.0640 e. The van der Waals surface area contributed by atoms with Crippen molar-refractivity contribution in [3.05, 3.63) is 18.2 Å². The number of nitrogens with two attached hydrogens (primary N) is 2. The lowest BCUT2D eigenvalue weighted by molar-refractivity contribution is 0.612. The number of nitrogen functional groups attached to an aromatic ring is 2. The fraction of sp³-hybridized carbons (Fsp3) is 0.462. The molecule has 1 aromatic rings. The van der Waals surface area contributed by atoms with Gasteiger partial charge >= 0.3 is 0 Å². The zero-order valence-corrected chi connectivity index (χ0v) is 10.5. The standard InChI is InChI=1S/C13H20N4/c1-10(2)9-17(7-3-6-14)11-4-5-12(15)13(16)8-11/h4-5,8,10H,3,7,9,15-16H2,1-2H3. The number of nitriles is 1. The van der Waals surface area contributed by atoms with Crippen molar-refractivity contribution in [3.63, 3.8) is 0 Å². The first-order chi connectivity index (χ1) is 8.04. The summed E-state index contributed by atoms with van der Waals surface area (Å²) >= 11 is 0. The monoisotopic (exact) mass is 232 g/mol. The lowest BCUT2D eigenvalue weighted by Gasteiger charge is -2.26. The van der Waals surface area contributed by atoms with Gasteiger partial charge in [0.15, 0.2) is 0 Å². The van der Waals surface area contributed by atoms with Gasteiger partial charge in [0.1, 0.15) is 0 Å². The van der Waals surface area contributed by atoms with Gasteiger partial charge in [0.25, 0.3) is 0 Å². The summed E-state index contributed by atoms with van der Waals surface area (Å²) in [6.45, 7) is 5.93. The molecule has 0 aliphatic heterocycles. The molecular formula is C13H20N4. The summed E-state index contributed by atoms with van der Waals surface area (Å²) in [5, 5.41) is 8.67. The number of benzene rings is 1. The van der Waals surface area contributed by atoms with Gasteiger partial charge in [-0.05, 0) is 24.1 Å². The first-order valence-electron chi connectivity index (χ1n) is 5.81. The van der Waals surface area contributed by atoms with Crippen molar-refractivity contribution in [1.82, 2.24) is 0 Å². The Kier molecular flexibility index (Phi) is 4.65. The van der Waals surface area contributed by atoms with Crippen LogP contribution in [0.2, 0.25) is 0 Å². The van der Waals surface area contributed by atoms with Gasteiger partial charge in [-0.1, -0.05) is 13.8 Å². The van der Waals surface area contributed by atoms with Gasteiger partial charge in [0, 0.05) is 18.8 Å². The zero-order valence-electron chi connectivity index (χ0n) is 10.5. The second-order valence-electron chi connectivity index (χ2n) is 4.56.